The average molecular weight is 411 g/mol. The number of nitrogens with zero attached hydrogens (tertiary/aromatic N) is 1. The van der Waals surface area contributed by atoms with Crippen molar-refractivity contribution < 1.29 is 23.0 Å². The van der Waals surface area contributed by atoms with Crippen LogP contribution in [0.15, 0.2) is 54.6 Å². The molecule has 0 saturated carbocycles. The van der Waals surface area contributed by atoms with Gasteiger partial charge in [-0.15, -0.1) is 0 Å². The zero-order valence-electron chi connectivity index (χ0n) is 17.0. The Kier molecular flexibility index (Phi) is 5.86. The molecule has 1 aliphatic rings. The molecule has 0 spiro atoms. The van der Waals surface area contributed by atoms with Crippen molar-refractivity contribution in [3.8, 4) is 28.4 Å². The smallest absolute Gasteiger partial charge is 0.165 e. The highest BCUT2D eigenvalue weighted by molar-refractivity contribution is 5.70. The summed E-state index contributed by atoms with van der Waals surface area (Å²) in [5.74, 6) is 1.24. The third-order valence-corrected chi connectivity index (χ3v) is 5.20. The van der Waals surface area contributed by atoms with Crippen LogP contribution in [0.4, 0.5) is 8.78 Å². The van der Waals surface area contributed by atoms with Gasteiger partial charge in [-0.3, -0.25) is 4.90 Å². The minimum absolute atomic E-state index is 0.290. The minimum Gasteiger partial charge on any atom is -0.497 e. The van der Waals surface area contributed by atoms with Crippen LogP contribution in [-0.4, -0.2) is 32.3 Å². The molecule has 0 amide bonds. The van der Waals surface area contributed by atoms with E-state index >= 15 is 0 Å². The van der Waals surface area contributed by atoms with Gasteiger partial charge in [0.2, 0.25) is 0 Å². The summed E-state index contributed by atoms with van der Waals surface area (Å²) in [5.41, 5.74) is 3.21. The Morgan fingerprint density at radius 1 is 0.967 bits per heavy atom. The summed E-state index contributed by atoms with van der Waals surface area (Å²) in [5, 5.41) is 0. The summed E-state index contributed by atoms with van der Waals surface area (Å²) in [6.07, 6.45) is 0. The second-order valence-corrected chi connectivity index (χ2v) is 7.19. The molecule has 1 heterocycles. The number of hydrogen-bond donors (Lipinski definition) is 0. The van der Waals surface area contributed by atoms with Crippen molar-refractivity contribution in [3.63, 3.8) is 0 Å². The quantitative estimate of drug-likeness (QED) is 0.588. The zero-order valence-corrected chi connectivity index (χ0v) is 17.0. The second-order valence-electron chi connectivity index (χ2n) is 7.19. The second kappa shape index (κ2) is 8.71. The lowest BCUT2D eigenvalue weighted by Crippen LogP contribution is -2.25. The minimum atomic E-state index is -0.445. The predicted octanol–water partition coefficient (Wildman–Crippen LogP) is 5.04. The summed E-state index contributed by atoms with van der Waals surface area (Å²) >= 11 is 0. The lowest BCUT2D eigenvalue weighted by atomic mass is 10.0. The third kappa shape index (κ3) is 4.24. The Morgan fingerprint density at radius 2 is 1.83 bits per heavy atom. The van der Waals surface area contributed by atoms with Crippen LogP contribution in [0, 0.1) is 11.6 Å². The van der Waals surface area contributed by atoms with E-state index in [0.717, 1.165) is 34.6 Å². The van der Waals surface area contributed by atoms with E-state index in [1.54, 1.807) is 14.2 Å². The van der Waals surface area contributed by atoms with E-state index in [1.165, 1.54) is 6.07 Å². The molecule has 0 fully saturated rings. The molecule has 0 aliphatic carbocycles. The number of ether oxygens (including phenoxy) is 3. The fourth-order valence-electron chi connectivity index (χ4n) is 3.70. The number of fused-ring (bicyclic) bond motifs is 1. The highest BCUT2D eigenvalue weighted by Gasteiger charge is 2.21. The van der Waals surface area contributed by atoms with Crippen LogP contribution in [0.3, 0.4) is 0 Å². The van der Waals surface area contributed by atoms with Crippen LogP contribution >= 0.6 is 0 Å². The number of rotatable bonds is 5. The average Bonchev–Trinajstić information content (AvgIpc) is 2.97. The number of hydrogen-bond acceptors (Lipinski definition) is 4. The summed E-state index contributed by atoms with van der Waals surface area (Å²) in [6, 6.07) is 15.3. The molecule has 0 unspecified atom stereocenters. The van der Waals surface area contributed by atoms with Gasteiger partial charge in [0.05, 0.1) is 14.2 Å². The van der Waals surface area contributed by atoms with E-state index in [4.69, 9.17) is 14.2 Å². The fraction of sp³-hybridized carbons (Fsp3) is 0.250. The molecular formula is C24H23F2NO3. The Morgan fingerprint density at radius 3 is 2.63 bits per heavy atom. The molecule has 0 aromatic heterocycles. The molecule has 3 aromatic carbocycles. The van der Waals surface area contributed by atoms with Crippen molar-refractivity contribution >= 4 is 0 Å². The van der Waals surface area contributed by atoms with E-state index in [0.29, 0.717) is 36.8 Å². The molecule has 30 heavy (non-hydrogen) atoms. The highest BCUT2D eigenvalue weighted by atomic mass is 19.1. The Balaban J connectivity index is 1.68. The maximum atomic E-state index is 14.1. The molecule has 0 atom stereocenters. The van der Waals surface area contributed by atoms with Gasteiger partial charge in [-0.2, -0.15) is 0 Å². The van der Waals surface area contributed by atoms with Gasteiger partial charge in [0.1, 0.15) is 24.0 Å². The van der Waals surface area contributed by atoms with Gasteiger partial charge >= 0.3 is 0 Å². The first kappa shape index (κ1) is 20.2. The Bertz CT molecular complexity index is 1050. The van der Waals surface area contributed by atoms with Crippen LogP contribution in [0.2, 0.25) is 0 Å². The largest absolute Gasteiger partial charge is 0.497 e. The standard InChI is InChI=1S/C24H23F2NO3/c1-28-21-5-3-4-16(12-21)17-10-19-15-27(8-9-30-24(19)23(13-17)29-2)14-18-11-20(25)6-7-22(18)26/h3-7,10-13H,8-9,14-15H2,1-2H3. The van der Waals surface area contributed by atoms with E-state index < -0.39 is 11.6 Å². The molecular weight excluding hydrogens is 388 g/mol. The van der Waals surface area contributed by atoms with Crippen LogP contribution in [-0.2, 0) is 13.1 Å². The maximum Gasteiger partial charge on any atom is 0.165 e. The first-order chi connectivity index (χ1) is 14.6. The molecule has 0 N–H and O–H groups in total. The van der Waals surface area contributed by atoms with Gasteiger partial charge in [-0.05, 0) is 53.6 Å². The van der Waals surface area contributed by atoms with E-state index in [9.17, 15) is 8.78 Å². The van der Waals surface area contributed by atoms with Gasteiger partial charge in [0.15, 0.2) is 11.5 Å². The Hall–Kier alpha value is -3.12. The van der Waals surface area contributed by atoms with Crippen LogP contribution in [0.1, 0.15) is 11.1 Å². The molecule has 156 valence electrons. The third-order valence-electron chi connectivity index (χ3n) is 5.20. The van der Waals surface area contributed by atoms with Crippen LogP contribution < -0.4 is 14.2 Å². The lowest BCUT2D eigenvalue weighted by Gasteiger charge is -2.20. The fourth-order valence-corrected chi connectivity index (χ4v) is 3.70. The van der Waals surface area contributed by atoms with Crippen molar-refractivity contribution in [1.82, 2.24) is 4.90 Å². The normalized spacial score (nSPS) is 13.9. The van der Waals surface area contributed by atoms with Crippen LogP contribution in [0.5, 0.6) is 17.2 Å². The highest BCUT2D eigenvalue weighted by Crippen LogP contribution is 2.39. The van der Waals surface area contributed by atoms with Gasteiger partial charge < -0.3 is 14.2 Å². The van der Waals surface area contributed by atoms with Gasteiger partial charge in [0.25, 0.3) is 0 Å². The van der Waals surface area contributed by atoms with Crippen molar-refractivity contribution in [3.05, 3.63) is 77.4 Å². The van der Waals surface area contributed by atoms with Gasteiger partial charge in [0, 0.05) is 30.8 Å². The summed E-state index contributed by atoms with van der Waals surface area (Å²) in [7, 11) is 3.24. The van der Waals surface area contributed by atoms with Crippen molar-refractivity contribution in [2.24, 2.45) is 0 Å². The number of methoxy groups -OCH3 is 2. The zero-order chi connectivity index (χ0) is 21.1. The van der Waals surface area contributed by atoms with Crippen molar-refractivity contribution in [2.45, 2.75) is 13.1 Å². The molecule has 0 bridgehead atoms. The molecule has 0 saturated heterocycles. The molecule has 3 aromatic rings. The lowest BCUT2D eigenvalue weighted by molar-refractivity contribution is 0.214. The topological polar surface area (TPSA) is 30.9 Å². The molecule has 1 aliphatic heterocycles. The number of benzene rings is 3. The number of halogens is 2. The first-order valence-electron chi connectivity index (χ1n) is 9.72. The Labute approximate surface area is 174 Å². The van der Waals surface area contributed by atoms with Gasteiger partial charge in [-0.25, -0.2) is 8.78 Å². The van der Waals surface area contributed by atoms with Gasteiger partial charge in [-0.1, -0.05) is 12.1 Å². The summed E-state index contributed by atoms with van der Waals surface area (Å²) in [4.78, 5) is 2.04. The van der Waals surface area contributed by atoms with E-state index in [2.05, 4.69) is 0 Å². The molecule has 4 nitrogen and oxygen atoms in total. The van der Waals surface area contributed by atoms with Crippen molar-refractivity contribution in [2.75, 3.05) is 27.4 Å². The summed E-state index contributed by atoms with van der Waals surface area (Å²) in [6.45, 7) is 1.83. The predicted molar refractivity (Wildman–Crippen MR) is 111 cm³/mol. The van der Waals surface area contributed by atoms with Crippen molar-refractivity contribution in [1.29, 1.82) is 0 Å². The monoisotopic (exact) mass is 411 g/mol. The molecule has 4 rings (SSSR count). The van der Waals surface area contributed by atoms with E-state index in [-0.39, 0.29) is 6.54 Å². The van der Waals surface area contributed by atoms with E-state index in [1.807, 2.05) is 41.3 Å². The SMILES string of the molecule is COc1cccc(-c2cc3c(c(OC)c2)OCCN(Cc2cc(F)ccc2F)C3)c1. The molecule has 0 radical (unpaired) electrons. The summed E-state index contributed by atoms with van der Waals surface area (Å²) < 4.78 is 44.6. The first-order valence-corrected chi connectivity index (χ1v) is 9.72. The molecule has 6 heteroatoms. The van der Waals surface area contributed by atoms with Crippen LogP contribution in [0.25, 0.3) is 11.1 Å². The maximum absolute atomic E-state index is 14.1.